The number of carbonyl (C=O) groups is 2. The summed E-state index contributed by atoms with van der Waals surface area (Å²) in [6, 6.07) is 6.35. The van der Waals surface area contributed by atoms with E-state index >= 15 is 0 Å². The summed E-state index contributed by atoms with van der Waals surface area (Å²) in [6.07, 6.45) is -0.410. The lowest BCUT2D eigenvalue weighted by molar-refractivity contribution is -0.384. The first-order valence-electron chi connectivity index (χ1n) is 9.31. The Morgan fingerprint density at radius 2 is 1.93 bits per heavy atom. The number of nitrogens with one attached hydrogen (secondary N) is 2. The molecule has 1 aromatic rings. The van der Waals surface area contributed by atoms with Crippen molar-refractivity contribution in [2.45, 2.75) is 33.3 Å². The van der Waals surface area contributed by atoms with Crippen molar-refractivity contribution in [1.29, 1.82) is 0 Å². The number of anilines is 1. The molecule has 0 radical (unpaired) electrons. The van der Waals surface area contributed by atoms with Crippen LogP contribution in [-0.4, -0.2) is 53.6 Å². The molecule has 2 amide bonds. The Morgan fingerprint density at radius 3 is 2.57 bits per heavy atom. The molecule has 2 rings (SSSR count). The summed E-state index contributed by atoms with van der Waals surface area (Å²) in [7, 11) is 0. The normalized spacial score (nSPS) is 19.2. The topological polar surface area (TPSA) is 114 Å². The minimum absolute atomic E-state index is 0.00811. The van der Waals surface area contributed by atoms with Crippen LogP contribution < -0.4 is 10.6 Å². The molecule has 1 aromatic carbocycles. The molecule has 2 atom stereocenters. The first-order valence-corrected chi connectivity index (χ1v) is 9.31. The van der Waals surface area contributed by atoms with Crippen LogP contribution in [0.3, 0.4) is 0 Å². The number of nitrogens with zero attached hydrogens (tertiary/aromatic N) is 2. The molecule has 9 nitrogen and oxygen atoms in total. The van der Waals surface area contributed by atoms with E-state index in [1.54, 1.807) is 43.9 Å². The Kier molecular flexibility index (Phi) is 6.82. The molecule has 0 aromatic heterocycles. The van der Waals surface area contributed by atoms with Gasteiger partial charge in [-0.05, 0) is 32.8 Å². The SMILES string of the molecule is CC1CN(C(=O)OC(C)(C)C)CC1C(=O)NCCNc1ccccc1[N+](=O)[O-]. The lowest BCUT2D eigenvalue weighted by Crippen LogP contribution is -2.38. The van der Waals surface area contributed by atoms with E-state index in [-0.39, 0.29) is 23.4 Å². The van der Waals surface area contributed by atoms with Crippen LogP contribution in [0.5, 0.6) is 0 Å². The summed E-state index contributed by atoms with van der Waals surface area (Å²) in [5.41, 5.74) is -0.176. The van der Waals surface area contributed by atoms with Gasteiger partial charge in [0, 0.05) is 32.2 Å². The van der Waals surface area contributed by atoms with Crippen LogP contribution in [0.2, 0.25) is 0 Å². The highest BCUT2D eigenvalue weighted by molar-refractivity contribution is 5.81. The second kappa shape index (κ2) is 8.90. The summed E-state index contributed by atoms with van der Waals surface area (Å²) in [6.45, 7) is 8.81. The highest BCUT2D eigenvalue weighted by atomic mass is 16.6. The van der Waals surface area contributed by atoms with Crippen LogP contribution in [0.4, 0.5) is 16.2 Å². The van der Waals surface area contributed by atoms with Gasteiger partial charge in [0.1, 0.15) is 11.3 Å². The van der Waals surface area contributed by atoms with E-state index in [2.05, 4.69) is 10.6 Å². The number of likely N-dealkylation sites (tertiary alicyclic amines) is 1. The highest BCUT2D eigenvalue weighted by Gasteiger charge is 2.38. The number of carbonyl (C=O) groups excluding carboxylic acids is 2. The fourth-order valence-electron chi connectivity index (χ4n) is 3.08. The van der Waals surface area contributed by atoms with E-state index < -0.39 is 16.6 Å². The summed E-state index contributed by atoms with van der Waals surface area (Å²) < 4.78 is 5.37. The van der Waals surface area contributed by atoms with Gasteiger partial charge in [-0.25, -0.2) is 4.79 Å². The molecule has 0 spiro atoms. The van der Waals surface area contributed by atoms with Gasteiger partial charge in [-0.1, -0.05) is 19.1 Å². The second-order valence-electron chi connectivity index (χ2n) is 7.96. The Labute approximate surface area is 164 Å². The van der Waals surface area contributed by atoms with Crippen LogP contribution in [0, 0.1) is 22.0 Å². The number of para-hydroxylation sites is 2. The summed E-state index contributed by atoms with van der Waals surface area (Å²) in [5, 5.41) is 16.8. The van der Waals surface area contributed by atoms with Crippen molar-refractivity contribution in [3.8, 4) is 0 Å². The molecule has 1 saturated heterocycles. The molecule has 9 heteroatoms. The first-order chi connectivity index (χ1) is 13.1. The number of hydrogen-bond acceptors (Lipinski definition) is 6. The maximum atomic E-state index is 12.5. The minimum Gasteiger partial charge on any atom is -0.444 e. The minimum atomic E-state index is -0.577. The predicted octanol–water partition coefficient (Wildman–Crippen LogP) is 2.63. The molecule has 0 saturated carbocycles. The number of nitro benzene ring substituents is 1. The predicted molar refractivity (Wildman–Crippen MR) is 105 cm³/mol. The van der Waals surface area contributed by atoms with Gasteiger partial charge in [0.15, 0.2) is 0 Å². The summed E-state index contributed by atoms with van der Waals surface area (Å²) >= 11 is 0. The van der Waals surface area contributed by atoms with Crippen LogP contribution in [-0.2, 0) is 9.53 Å². The van der Waals surface area contributed by atoms with Crippen molar-refractivity contribution < 1.29 is 19.2 Å². The van der Waals surface area contributed by atoms with E-state index in [0.717, 1.165) is 0 Å². The monoisotopic (exact) mass is 392 g/mol. The second-order valence-corrected chi connectivity index (χ2v) is 7.96. The van der Waals surface area contributed by atoms with Crippen LogP contribution in [0.25, 0.3) is 0 Å². The van der Waals surface area contributed by atoms with E-state index in [1.807, 2.05) is 6.92 Å². The highest BCUT2D eigenvalue weighted by Crippen LogP contribution is 2.25. The average molecular weight is 392 g/mol. The quantitative estimate of drug-likeness (QED) is 0.437. The molecule has 2 unspecified atom stereocenters. The largest absolute Gasteiger partial charge is 0.444 e. The Balaban J connectivity index is 1.80. The summed E-state index contributed by atoms with van der Waals surface area (Å²) in [4.78, 5) is 36.8. The van der Waals surface area contributed by atoms with Crippen LogP contribution in [0.15, 0.2) is 24.3 Å². The van der Waals surface area contributed by atoms with Crippen molar-refractivity contribution in [3.05, 3.63) is 34.4 Å². The lowest BCUT2D eigenvalue weighted by Gasteiger charge is -2.24. The third-order valence-corrected chi connectivity index (χ3v) is 4.44. The van der Waals surface area contributed by atoms with Gasteiger partial charge < -0.3 is 20.3 Å². The Bertz CT molecular complexity index is 731. The average Bonchev–Trinajstić information content (AvgIpc) is 2.99. The van der Waals surface area contributed by atoms with E-state index in [4.69, 9.17) is 4.74 Å². The molecule has 1 fully saturated rings. The number of benzene rings is 1. The molecule has 1 aliphatic rings. The Morgan fingerprint density at radius 1 is 1.25 bits per heavy atom. The molecule has 0 bridgehead atoms. The zero-order chi connectivity index (χ0) is 20.9. The number of amides is 2. The van der Waals surface area contributed by atoms with Gasteiger partial charge in [-0.15, -0.1) is 0 Å². The maximum Gasteiger partial charge on any atom is 0.410 e. The number of hydrogen-bond donors (Lipinski definition) is 2. The van der Waals surface area contributed by atoms with Crippen molar-refractivity contribution in [3.63, 3.8) is 0 Å². The molecule has 0 aliphatic carbocycles. The third-order valence-electron chi connectivity index (χ3n) is 4.44. The fourth-order valence-corrected chi connectivity index (χ4v) is 3.08. The molecule has 154 valence electrons. The van der Waals surface area contributed by atoms with E-state index in [1.165, 1.54) is 6.07 Å². The van der Waals surface area contributed by atoms with Gasteiger partial charge in [0.05, 0.1) is 10.8 Å². The zero-order valence-corrected chi connectivity index (χ0v) is 16.7. The van der Waals surface area contributed by atoms with Crippen molar-refractivity contribution in [2.75, 3.05) is 31.5 Å². The van der Waals surface area contributed by atoms with Gasteiger partial charge in [0.2, 0.25) is 5.91 Å². The van der Waals surface area contributed by atoms with E-state index in [9.17, 15) is 19.7 Å². The Hall–Kier alpha value is -2.84. The molecule has 1 aliphatic heterocycles. The van der Waals surface area contributed by atoms with Crippen LogP contribution >= 0.6 is 0 Å². The smallest absolute Gasteiger partial charge is 0.410 e. The molecule has 28 heavy (non-hydrogen) atoms. The number of ether oxygens (including phenoxy) is 1. The van der Waals surface area contributed by atoms with Crippen molar-refractivity contribution >= 4 is 23.4 Å². The molecular formula is C19H28N4O5. The van der Waals surface area contributed by atoms with Crippen molar-refractivity contribution in [2.24, 2.45) is 11.8 Å². The maximum absolute atomic E-state index is 12.5. The summed E-state index contributed by atoms with van der Waals surface area (Å²) in [5.74, 6) is -0.419. The fraction of sp³-hybridized carbons (Fsp3) is 0.579. The molecule has 1 heterocycles. The molecular weight excluding hydrogens is 364 g/mol. The lowest BCUT2D eigenvalue weighted by atomic mass is 9.97. The molecule has 2 N–H and O–H groups in total. The van der Waals surface area contributed by atoms with Crippen molar-refractivity contribution in [1.82, 2.24) is 10.2 Å². The third kappa shape index (κ3) is 5.83. The first kappa shape index (κ1) is 21.5. The zero-order valence-electron chi connectivity index (χ0n) is 16.7. The number of nitro groups is 1. The van der Waals surface area contributed by atoms with Gasteiger partial charge in [0.25, 0.3) is 5.69 Å². The van der Waals surface area contributed by atoms with Gasteiger partial charge in [-0.2, -0.15) is 0 Å². The van der Waals surface area contributed by atoms with Gasteiger partial charge >= 0.3 is 6.09 Å². The standard InChI is InChI=1S/C19H28N4O5/c1-13-11-22(18(25)28-19(2,3)4)12-14(13)17(24)21-10-9-20-15-7-5-6-8-16(15)23(26)27/h5-8,13-14,20H,9-12H2,1-4H3,(H,21,24). The number of rotatable bonds is 6. The van der Waals surface area contributed by atoms with Gasteiger partial charge in [-0.3, -0.25) is 14.9 Å². The van der Waals surface area contributed by atoms with E-state index in [0.29, 0.717) is 31.9 Å². The van der Waals surface area contributed by atoms with Crippen LogP contribution in [0.1, 0.15) is 27.7 Å².